The van der Waals surface area contributed by atoms with Crippen LogP contribution in [0.2, 0.25) is 0 Å². The summed E-state index contributed by atoms with van der Waals surface area (Å²) >= 11 is 3.29. The molecule has 0 unspecified atom stereocenters. The fourth-order valence-electron chi connectivity index (χ4n) is 1.16. The minimum atomic E-state index is -0.274. The van der Waals surface area contributed by atoms with Gasteiger partial charge in [0.1, 0.15) is 0 Å². The van der Waals surface area contributed by atoms with E-state index in [2.05, 4.69) is 31.6 Å². The molecule has 0 aliphatic heterocycles. The fraction of sp³-hybridized carbons (Fsp3) is 0.273. The molecule has 0 aliphatic carbocycles. The zero-order chi connectivity index (χ0) is 12.7. The Balaban J connectivity index is 2.35. The maximum absolute atomic E-state index is 11.6. The van der Waals surface area contributed by atoms with Crippen LogP contribution in [0, 0.1) is 0 Å². The van der Waals surface area contributed by atoms with Gasteiger partial charge in [-0.3, -0.25) is 14.4 Å². The van der Waals surface area contributed by atoms with Crippen LogP contribution in [-0.2, 0) is 9.63 Å². The molecule has 1 rings (SSSR count). The molecule has 0 fully saturated rings. The van der Waals surface area contributed by atoms with E-state index in [-0.39, 0.29) is 24.8 Å². The first kappa shape index (κ1) is 13.7. The average molecular weight is 301 g/mol. The fourth-order valence-corrected chi connectivity index (χ4v) is 1.42. The third-order valence-electron chi connectivity index (χ3n) is 1.96. The second-order valence-corrected chi connectivity index (χ2v) is 4.16. The highest BCUT2D eigenvalue weighted by atomic mass is 79.9. The normalized spacial score (nSPS) is 9.76. The average Bonchev–Trinajstić information content (AvgIpc) is 2.30. The monoisotopic (exact) mass is 300 g/mol. The zero-order valence-electron chi connectivity index (χ0n) is 9.33. The van der Waals surface area contributed by atoms with Crippen molar-refractivity contribution in [2.75, 3.05) is 13.7 Å². The molecule has 0 atom stereocenters. The maximum atomic E-state index is 11.6. The largest absolute Gasteiger partial charge is 0.352 e. The van der Waals surface area contributed by atoms with E-state index in [1.165, 1.54) is 7.11 Å². The van der Waals surface area contributed by atoms with Gasteiger partial charge >= 0.3 is 0 Å². The van der Waals surface area contributed by atoms with Crippen LogP contribution in [0.3, 0.4) is 0 Å². The molecule has 2 amide bonds. The van der Waals surface area contributed by atoms with Crippen LogP contribution in [0.1, 0.15) is 16.8 Å². The summed E-state index contributed by atoms with van der Waals surface area (Å²) in [6.45, 7) is 0.268. The number of hydroxylamine groups is 1. The van der Waals surface area contributed by atoms with Gasteiger partial charge in [-0.2, -0.15) is 0 Å². The van der Waals surface area contributed by atoms with Crippen LogP contribution in [0.25, 0.3) is 0 Å². The molecule has 0 spiro atoms. The molecule has 0 bridgehead atoms. The first-order valence-corrected chi connectivity index (χ1v) is 5.78. The lowest BCUT2D eigenvalue weighted by atomic mass is 10.2. The second kappa shape index (κ2) is 7.03. The van der Waals surface area contributed by atoms with Crippen molar-refractivity contribution in [3.63, 3.8) is 0 Å². The highest BCUT2D eigenvalue weighted by Crippen LogP contribution is 2.10. The summed E-state index contributed by atoms with van der Waals surface area (Å²) in [6, 6.07) is 6.97. The molecule has 0 radical (unpaired) electrons. The van der Waals surface area contributed by atoms with Gasteiger partial charge in [0.25, 0.3) is 5.91 Å². The minimum absolute atomic E-state index is 0.177. The molecule has 5 nitrogen and oxygen atoms in total. The summed E-state index contributed by atoms with van der Waals surface area (Å²) in [6.07, 6.45) is 0.177. The Kier molecular flexibility index (Phi) is 5.65. The Hall–Kier alpha value is -1.40. The topological polar surface area (TPSA) is 67.4 Å². The smallest absolute Gasteiger partial charge is 0.251 e. The van der Waals surface area contributed by atoms with Crippen molar-refractivity contribution in [3.05, 3.63) is 34.3 Å². The third kappa shape index (κ3) is 4.97. The Morgan fingerprint density at radius 2 is 1.94 bits per heavy atom. The Morgan fingerprint density at radius 1 is 1.29 bits per heavy atom. The van der Waals surface area contributed by atoms with Crippen molar-refractivity contribution in [2.45, 2.75) is 6.42 Å². The summed E-state index contributed by atoms with van der Waals surface area (Å²) in [5, 5.41) is 2.64. The van der Waals surface area contributed by atoms with E-state index in [1.54, 1.807) is 24.3 Å². The summed E-state index contributed by atoms with van der Waals surface area (Å²) in [5.41, 5.74) is 2.73. The van der Waals surface area contributed by atoms with Gasteiger partial charge in [0.05, 0.1) is 7.11 Å². The quantitative estimate of drug-likeness (QED) is 0.804. The second-order valence-electron chi connectivity index (χ2n) is 3.24. The Labute approximate surface area is 108 Å². The highest BCUT2D eigenvalue weighted by Gasteiger charge is 2.05. The molecule has 0 saturated carbocycles. The lowest BCUT2D eigenvalue weighted by molar-refractivity contribution is -0.131. The predicted octanol–water partition coefficient (Wildman–Crippen LogP) is 1.25. The summed E-state index contributed by atoms with van der Waals surface area (Å²) in [4.78, 5) is 27.1. The van der Waals surface area contributed by atoms with Gasteiger partial charge in [-0.1, -0.05) is 15.9 Å². The Bertz CT molecular complexity index is 392. The number of carbonyl (C=O) groups is 2. The van der Waals surface area contributed by atoms with Gasteiger partial charge in [-0.25, -0.2) is 5.48 Å². The number of benzene rings is 1. The van der Waals surface area contributed by atoms with E-state index in [9.17, 15) is 9.59 Å². The molecule has 0 aromatic heterocycles. The summed E-state index contributed by atoms with van der Waals surface area (Å²) in [5.74, 6) is -0.480. The standard InChI is InChI=1S/C11H13BrN2O3/c1-17-14-10(15)6-7-13-11(16)8-2-4-9(12)5-3-8/h2-5H,6-7H2,1H3,(H,13,16)(H,14,15). The summed E-state index contributed by atoms with van der Waals surface area (Å²) in [7, 11) is 1.36. The number of carbonyl (C=O) groups excluding carboxylic acids is 2. The number of halogens is 1. The number of hydrogen-bond donors (Lipinski definition) is 2. The van der Waals surface area contributed by atoms with Gasteiger partial charge in [0.2, 0.25) is 5.91 Å². The van der Waals surface area contributed by atoms with Crippen LogP contribution >= 0.6 is 15.9 Å². The predicted molar refractivity (Wildman–Crippen MR) is 66.2 cm³/mol. The van der Waals surface area contributed by atoms with Gasteiger partial charge < -0.3 is 5.32 Å². The molecular formula is C11H13BrN2O3. The van der Waals surface area contributed by atoms with Crippen LogP contribution < -0.4 is 10.8 Å². The van der Waals surface area contributed by atoms with E-state index in [1.807, 2.05) is 0 Å². The first-order chi connectivity index (χ1) is 8.13. The van der Waals surface area contributed by atoms with Gasteiger partial charge in [0, 0.05) is 23.0 Å². The van der Waals surface area contributed by atoms with Gasteiger partial charge in [0.15, 0.2) is 0 Å². The van der Waals surface area contributed by atoms with E-state index >= 15 is 0 Å². The van der Waals surface area contributed by atoms with Crippen molar-refractivity contribution < 1.29 is 14.4 Å². The number of rotatable bonds is 5. The van der Waals surface area contributed by atoms with Crippen molar-refractivity contribution in [1.82, 2.24) is 10.8 Å². The Morgan fingerprint density at radius 3 is 2.53 bits per heavy atom. The molecule has 1 aromatic carbocycles. The zero-order valence-corrected chi connectivity index (χ0v) is 10.9. The first-order valence-electron chi connectivity index (χ1n) is 4.99. The van der Waals surface area contributed by atoms with Crippen molar-refractivity contribution in [1.29, 1.82) is 0 Å². The van der Waals surface area contributed by atoms with E-state index in [4.69, 9.17) is 0 Å². The molecule has 92 valence electrons. The summed E-state index contributed by atoms with van der Waals surface area (Å²) < 4.78 is 0.911. The van der Waals surface area contributed by atoms with Crippen LogP contribution in [0.5, 0.6) is 0 Å². The minimum Gasteiger partial charge on any atom is -0.352 e. The van der Waals surface area contributed by atoms with Crippen molar-refractivity contribution in [3.8, 4) is 0 Å². The van der Waals surface area contributed by atoms with Crippen molar-refractivity contribution in [2.24, 2.45) is 0 Å². The van der Waals surface area contributed by atoms with E-state index in [0.717, 1.165) is 4.47 Å². The van der Waals surface area contributed by atoms with Crippen molar-refractivity contribution >= 4 is 27.7 Å². The molecule has 0 aliphatic rings. The molecule has 0 saturated heterocycles. The van der Waals surface area contributed by atoms with Crippen LogP contribution in [0.4, 0.5) is 0 Å². The molecular weight excluding hydrogens is 288 g/mol. The number of nitrogens with one attached hydrogen (secondary N) is 2. The van der Waals surface area contributed by atoms with Crippen LogP contribution in [0.15, 0.2) is 28.7 Å². The molecule has 1 aromatic rings. The molecule has 0 heterocycles. The SMILES string of the molecule is CONC(=O)CCNC(=O)c1ccc(Br)cc1. The third-order valence-corrected chi connectivity index (χ3v) is 2.49. The molecule has 6 heteroatoms. The van der Waals surface area contributed by atoms with Gasteiger partial charge in [-0.15, -0.1) is 0 Å². The number of amides is 2. The van der Waals surface area contributed by atoms with E-state index in [0.29, 0.717) is 5.56 Å². The van der Waals surface area contributed by atoms with Gasteiger partial charge in [-0.05, 0) is 24.3 Å². The lowest BCUT2D eigenvalue weighted by Gasteiger charge is -2.05. The maximum Gasteiger partial charge on any atom is 0.251 e. The molecule has 2 N–H and O–H groups in total. The van der Waals surface area contributed by atoms with E-state index < -0.39 is 0 Å². The lowest BCUT2D eigenvalue weighted by Crippen LogP contribution is -2.30. The number of hydrogen-bond acceptors (Lipinski definition) is 3. The van der Waals surface area contributed by atoms with Crippen LogP contribution in [-0.4, -0.2) is 25.5 Å². The molecule has 17 heavy (non-hydrogen) atoms. The highest BCUT2D eigenvalue weighted by molar-refractivity contribution is 9.10.